The molecular formula is C21H14F4N6O. The Morgan fingerprint density at radius 1 is 0.969 bits per heavy atom. The van der Waals surface area contributed by atoms with Gasteiger partial charge in [-0.3, -0.25) is 4.79 Å². The third-order valence-electron chi connectivity index (χ3n) is 4.35. The van der Waals surface area contributed by atoms with Crippen molar-refractivity contribution >= 4 is 23.2 Å². The van der Waals surface area contributed by atoms with E-state index in [0.29, 0.717) is 23.1 Å². The fourth-order valence-electron chi connectivity index (χ4n) is 2.81. The quantitative estimate of drug-likeness (QED) is 0.433. The van der Waals surface area contributed by atoms with Gasteiger partial charge in [0.2, 0.25) is 0 Å². The standard InChI is InChI=1S/C21H14F4N6O/c22-17-6-5-15(11-16(17)21(23,24)25)31-10-8-19(30-31)29-20(32)13-1-3-14(4-2-13)28-18-7-9-26-12-27-18/h1-12H,(H,26,27,28)(H,29,30,32). The first-order valence-corrected chi connectivity index (χ1v) is 9.17. The normalized spacial score (nSPS) is 11.2. The fraction of sp³-hybridized carbons (Fsp3) is 0.0476. The van der Waals surface area contributed by atoms with E-state index >= 15 is 0 Å². The van der Waals surface area contributed by atoms with E-state index in [9.17, 15) is 22.4 Å². The lowest BCUT2D eigenvalue weighted by Gasteiger charge is -2.10. The molecule has 2 heterocycles. The average Bonchev–Trinajstić information content (AvgIpc) is 3.23. The highest BCUT2D eigenvalue weighted by Gasteiger charge is 2.34. The van der Waals surface area contributed by atoms with Crippen LogP contribution in [0.15, 0.2) is 73.3 Å². The molecule has 2 aromatic carbocycles. The second kappa shape index (κ2) is 8.46. The predicted molar refractivity (Wildman–Crippen MR) is 108 cm³/mol. The molecule has 0 aliphatic rings. The second-order valence-electron chi connectivity index (χ2n) is 6.56. The molecule has 0 bridgehead atoms. The number of carbonyl (C=O) groups is 1. The first-order chi connectivity index (χ1) is 15.3. The van der Waals surface area contributed by atoms with Crippen molar-refractivity contribution in [2.75, 3.05) is 10.6 Å². The number of anilines is 3. The number of nitrogens with one attached hydrogen (secondary N) is 2. The van der Waals surface area contributed by atoms with Crippen LogP contribution in [0.3, 0.4) is 0 Å². The number of hydrogen-bond donors (Lipinski definition) is 2. The van der Waals surface area contributed by atoms with Gasteiger partial charge < -0.3 is 10.6 Å². The van der Waals surface area contributed by atoms with Crippen molar-refractivity contribution in [2.24, 2.45) is 0 Å². The second-order valence-corrected chi connectivity index (χ2v) is 6.56. The smallest absolute Gasteiger partial charge is 0.340 e. The summed E-state index contributed by atoms with van der Waals surface area (Å²) in [7, 11) is 0. The van der Waals surface area contributed by atoms with Gasteiger partial charge in [0.1, 0.15) is 18.0 Å². The molecule has 0 aliphatic carbocycles. The maximum Gasteiger partial charge on any atom is 0.419 e. The van der Waals surface area contributed by atoms with E-state index in [1.165, 1.54) is 18.6 Å². The molecule has 2 aromatic heterocycles. The molecule has 0 unspecified atom stereocenters. The molecule has 0 saturated heterocycles. The van der Waals surface area contributed by atoms with E-state index in [0.717, 1.165) is 16.8 Å². The number of carbonyl (C=O) groups excluding carboxylic acids is 1. The third kappa shape index (κ3) is 4.72. The number of amides is 1. The van der Waals surface area contributed by atoms with E-state index in [1.807, 2.05) is 0 Å². The van der Waals surface area contributed by atoms with Crippen molar-refractivity contribution in [3.63, 3.8) is 0 Å². The zero-order valence-electron chi connectivity index (χ0n) is 16.1. The molecule has 11 heteroatoms. The highest BCUT2D eigenvalue weighted by Crippen LogP contribution is 2.32. The van der Waals surface area contributed by atoms with Crippen molar-refractivity contribution in [2.45, 2.75) is 6.18 Å². The maximum atomic E-state index is 13.5. The Labute approximate surface area is 178 Å². The molecular weight excluding hydrogens is 428 g/mol. The van der Waals surface area contributed by atoms with Crippen LogP contribution in [0.2, 0.25) is 0 Å². The Morgan fingerprint density at radius 2 is 1.75 bits per heavy atom. The summed E-state index contributed by atoms with van der Waals surface area (Å²) in [6, 6.07) is 12.2. The van der Waals surface area contributed by atoms with Crippen LogP contribution in [0.1, 0.15) is 15.9 Å². The van der Waals surface area contributed by atoms with Gasteiger partial charge in [-0.05, 0) is 48.5 Å². The number of alkyl halides is 3. The van der Waals surface area contributed by atoms with Crippen molar-refractivity contribution < 1.29 is 22.4 Å². The number of benzene rings is 2. The Hall–Kier alpha value is -4.28. The fourth-order valence-corrected chi connectivity index (χ4v) is 2.81. The van der Waals surface area contributed by atoms with Crippen molar-refractivity contribution in [3.05, 3.63) is 90.3 Å². The van der Waals surface area contributed by atoms with E-state index in [2.05, 4.69) is 25.7 Å². The molecule has 162 valence electrons. The van der Waals surface area contributed by atoms with Crippen LogP contribution >= 0.6 is 0 Å². The van der Waals surface area contributed by atoms with Crippen molar-refractivity contribution in [1.29, 1.82) is 0 Å². The van der Waals surface area contributed by atoms with Crippen molar-refractivity contribution in [3.8, 4) is 5.69 Å². The lowest BCUT2D eigenvalue weighted by Crippen LogP contribution is -2.13. The first kappa shape index (κ1) is 21.0. The zero-order chi connectivity index (χ0) is 22.7. The summed E-state index contributed by atoms with van der Waals surface area (Å²) in [6.07, 6.45) is -0.484. The summed E-state index contributed by atoms with van der Waals surface area (Å²) in [6.45, 7) is 0. The van der Waals surface area contributed by atoms with Crippen molar-refractivity contribution in [1.82, 2.24) is 19.7 Å². The molecule has 0 spiro atoms. The summed E-state index contributed by atoms with van der Waals surface area (Å²) in [4.78, 5) is 20.3. The van der Waals surface area contributed by atoms with Crippen LogP contribution in [0.5, 0.6) is 0 Å². The van der Waals surface area contributed by atoms with E-state index < -0.39 is 23.5 Å². The lowest BCUT2D eigenvalue weighted by atomic mass is 10.2. The summed E-state index contributed by atoms with van der Waals surface area (Å²) in [5, 5.41) is 9.66. The Kier molecular flexibility index (Phi) is 5.54. The minimum absolute atomic E-state index is 0.000581. The average molecular weight is 442 g/mol. The summed E-state index contributed by atoms with van der Waals surface area (Å²) >= 11 is 0. The summed E-state index contributed by atoms with van der Waals surface area (Å²) in [5.41, 5.74) is -0.346. The van der Waals surface area contributed by atoms with E-state index in [-0.39, 0.29) is 11.5 Å². The van der Waals surface area contributed by atoms with Gasteiger partial charge in [0.15, 0.2) is 5.82 Å². The number of aromatic nitrogens is 4. The van der Waals surface area contributed by atoms with Crippen LogP contribution in [-0.4, -0.2) is 25.7 Å². The Balaban J connectivity index is 1.45. The van der Waals surface area contributed by atoms with Gasteiger partial charge in [-0.15, -0.1) is 0 Å². The van der Waals surface area contributed by atoms with Crippen LogP contribution in [-0.2, 0) is 6.18 Å². The van der Waals surface area contributed by atoms with Gasteiger partial charge in [-0.1, -0.05) is 0 Å². The molecule has 2 N–H and O–H groups in total. The summed E-state index contributed by atoms with van der Waals surface area (Å²) in [5.74, 6) is -1.12. The number of rotatable bonds is 5. The van der Waals surface area contributed by atoms with Gasteiger partial charge in [-0.25, -0.2) is 19.0 Å². The minimum atomic E-state index is -4.83. The largest absolute Gasteiger partial charge is 0.419 e. The molecule has 0 saturated carbocycles. The van der Waals surface area contributed by atoms with Crippen LogP contribution < -0.4 is 10.6 Å². The molecule has 0 radical (unpaired) electrons. The molecule has 0 aliphatic heterocycles. The van der Waals surface area contributed by atoms with Crippen LogP contribution in [0.4, 0.5) is 34.9 Å². The highest BCUT2D eigenvalue weighted by atomic mass is 19.4. The molecule has 7 nitrogen and oxygen atoms in total. The number of halogens is 4. The predicted octanol–water partition coefficient (Wildman–Crippen LogP) is 4.82. The van der Waals surface area contributed by atoms with Gasteiger partial charge in [0.05, 0.1) is 11.3 Å². The highest BCUT2D eigenvalue weighted by molar-refractivity contribution is 6.03. The third-order valence-corrected chi connectivity index (χ3v) is 4.35. The monoisotopic (exact) mass is 442 g/mol. The van der Waals surface area contributed by atoms with Crippen LogP contribution in [0.25, 0.3) is 5.69 Å². The van der Waals surface area contributed by atoms with E-state index in [1.54, 1.807) is 36.5 Å². The molecule has 0 atom stereocenters. The Morgan fingerprint density at radius 3 is 2.44 bits per heavy atom. The maximum absolute atomic E-state index is 13.5. The van der Waals surface area contributed by atoms with Gasteiger partial charge >= 0.3 is 6.18 Å². The molecule has 4 rings (SSSR count). The lowest BCUT2D eigenvalue weighted by molar-refractivity contribution is -0.140. The van der Waals surface area contributed by atoms with E-state index in [4.69, 9.17) is 0 Å². The van der Waals surface area contributed by atoms with Gasteiger partial charge in [0.25, 0.3) is 5.91 Å². The topological polar surface area (TPSA) is 84.7 Å². The Bertz CT molecular complexity index is 1240. The first-order valence-electron chi connectivity index (χ1n) is 9.17. The number of nitrogens with zero attached hydrogens (tertiary/aromatic N) is 4. The zero-order valence-corrected chi connectivity index (χ0v) is 16.1. The minimum Gasteiger partial charge on any atom is -0.340 e. The van der Waals surface area contributed by atoms with Gasteiger partial charge in [0, 0.05) is 29.7 Å². The molecule has 0 fully saturated rings. The van der Waals surface area contributed by atoms with Crippen LogP contribution in [0, 0.1) is 5.82 Å². The summed E-state index contributed by atoms with van der Waals surface area (Å²) < 4.78 is 53.4. The van der Waals surface area contributed by atoms with Gasteiger partial charge in [-0.2, -0.15) is 18.3 Å². The SMILES string of the molecule is O=C(Nc1ccn(-c2ccc(F)c(C(F)(F)F)c2)n1)c1ccc(Nc2ccncn2)cc1. The number of hydrogen-bond acceptors (Lipinski definition) is 5. The molecule has 32 heavy (non-hydrogen) atoms. The molecule has 4 aromatic rings. The molecule has 1 amide bonds.